The zero-order valence-electron chi connectivity index (χ0n) is 16.5. The van der Waals surface area contributed by atoms with Crippen LogP contribution in [0.5, 0.6) is 0 Å². The summed E-state index contributed by atoms with van der Waals surface area (Å²) in [5.41, 5.74) is 1.85. The number of hydrogen-bond donors (Lipinski definition) is 0. The molecule has 0 saturated carbocycles. The summed E-state index contributed by atoms with van der Waals surface area (Å²) in [6, 6.07) is 16.0. The molecule has 0 aromatic heterocycles. The van der Waals surface area contributed by atoms with E-state index in [1.807, 2.05) is 45.0 Å². The largest absolute Gasteiger partial charge is 0.444 e. The zero-order valence-corrected chi connectivity index (χ0v) is 18.0. The predicted octanol–water partition coefficient (Wildman–Crippen LogP) is 5.64. The van der Waals surface area contributed by atoms with E-state index in [9.17, 15) is 4.79 Å². The molecular formula is C22H26Cl2N2O2. The van der Waals surface area contributed by atoms with Gasteiger partial charge in [-0.15, -0.1) is 0 Å². The Bertz CT molecular complexity index is 747. The first kappa shape index (κ1) is 21.0. The van der Waals surface area contributed by atoms with Crippen LogP contribution >= 0.6 is 23.2 Å². The molecule has 1 heterocycles. The highest BCUT2D eigenvalue weighted by Gasteiger charge is 2.30. The Morgan fingerprint density at radius 2 is 1.29 bits per heavy atom. The second-order valence-corrected chi connectivity index (χ2v) is 8.88. The first-order chi connectivity index (χ1) is 13.2. The third kappa shape index (κ3) is 5.40. The van der Waals surface area contributed by atoms with Crippen molar-refractivity contribution in [3.63, 3.8) is 0 Å². The topological polar surface area (TPSA) is 32.8 Å². The number of amides is 1. The van der Waals surface area contributed by atoms with Crippen molar-refractivity contribution in [2.45, 2.75) is 32.4 Å². The molecule has 1 aliphatic heterocycles. The second-order valence-electron chi connectivity index (χ2n) is 8.01. The molecule has 0 unspecified atom stereocenters. The number of halogens is 2. The summed E-state index contributed by atoms with van der Waals surface area (Å²) < 4.78 is 5.51. The number of benzene rings is 2. The summed E-state index contributed by atoms with van der Waals surface area (Å²) in [6.45, 7) is 8.44. The standard InChI is InChI=1S/C22H26Cl2N2O2/c1-22(2,3)28-21(27)26-14-12-25(13-15-26)20(16-4-8-18(23)9-5-16)17-6-10-19(24)11-7-17/h4-11,20H,12-15H2,1-3H3. The predicted molar refractivity (Wildman–Crippen MR) is 114 cm³/mol. The molecule has 0 N–H and O–H groups in total. The molecule has 0 radical (unpaired) electrons. The van der Waals surface area contributed by atoms with Crippen LogP contribution in [0.3, 0.4) is 0 Å². The summed E-state index contributed by atoms with van der Waals surface area (Å²) in [7, 11) is 0. The molecule has 1 fully saturated rings. The van der Waals surface area contributed by atoms with Crippen molar-refractivity contribution in [3.8, 4) is 0 Å². The van der Waals surface area contributed by atoms with Crippen LogP contribution in [0.1, 0.15) is 37.9 Å². The van der Waals surface area contributed by atoms with Gasteiger partial charge in [-0.2, -0.15) is 0 Å². The maximum Gasteiger partial charge on any atom is 0.410 e. The highest BCUT2D eigenvalue weighted by molar-refractivity contribution is 6.30. The third-order valence-corrected chi connectivity index (χ3v) is 5.21. The zero-order chi connectivity index (χ0) is 20.3. The lowest BCUT2D eigenvalue weighted by molar-refractivity contribution is 0.0119. The molecule has 2 aromatic carbocycles. The molecule has 6 heteroatoms. The molecule has 150 valence electrons. The fraction of sp³-hybridized carbons (Fsp3) is 0.409. The maximum atomic E-state index is 12.4. The van der Waals surface area contributed by atoms with E-state index in [4.69, 9.17) is 27.9 Å². The van der Waals surface area contributed by atoms with Crippen molar-refractivity contribution in [2.24, 2.45) is 0 Å². The van der Waals surface area contributed by atoms with Gasteiger partial charge in [0.05, 0.1) is 6.04 Å². The monoisotopic (exact) mass is 420 g/mol. The highest BCUT2D eigenvalue weighted by atomic mass is 35.5. The summed E-state index contributed by atoms with van der Waals surface area (Å²) in [5.74, 6) is 0. The first-order valence-electron chi connectivity index (χ1n) is 9.46. The van der Waals surface area contributed by atoms with E-state index in [-0.39, 0.29) is 12.1 Å². The maximum absolute atomic E-state index is 12.4. The minimum absolute atomic E-state index is 0.0790. The van der Waals surface area contributed by atoms with Crippen LogP contribution in [-0.2, 0) is 4.74 Å². The number of hydrogen-bond acceptors (Lipinski definition) is 3. The van der Waals surface area contributed by atoms with Crippen LogP contribution in [0.15, 0.2) is 48.5 Å². The van der Waals surface area contributed by atoms with Crippen LogP contribution in [0.25, 0.3) is 0 Å². The van der Waals surface area contributed by atoms with E-state index in [1.54, 1.807) is 4.90 Å². The summed E-state index contributed by atoms with van der Waals surface area (Å²) in [5, 5.41) is 1.43. The SMILES string of the molecule is CC(C)(C)OC(=O)N1CCN(C(c2ccc(Cl)cc2)c2ccc(Cl)cc2)CC1. The van der Waals surface area contributed by atoms with Crippen LogP contribution in [0, 0.1) is 0 Å². The lowest BCUT2D eigenvalue weighted by Gasteiger charge is -2.40. The van der Waals surface area contributed by atoms with E-state index in [2.05, 4.69) is 29.2 Å². The first-order valence-corrected chi connectivity index (χ1v) is 10.2. The van der Waals surface area contributed by atoms with Gasteiger partial charge >= 0.3 is 6.09 Å². The molecule has 28 heavy (non-hydrogen) atoms. The van der Waals surface area contributed by atoms with Gasteiger partial charge in [0.1, 0.15) is 5.60 Å². The number of carbonyl (C=O) groups excluding carboxylic acids is 1. The van der Waals surface area contributed by atoms with Gasteiger partial charge in [-0.1, -0.05) is 47.5 Å². The van der Waals surface area contributed by atoms with E-state index < -0.39 is 5.60 Å². The molecule has 1 amide bonds. The molecule has 0 spiro atoms. The Morgan fingerprint density at radius 1 is 0.857 bits per heavy atom. The Balaban J connectivity index is 1.78. The summed E-state index contributed by atoms with van der Waals surface area (Å²) in [6.07, 6.45) is -0.248. The van der Waals surface area contributed by atoms with Gasteiger partial charge in [-0.05, 0) is 56.2 Å². The van der Waals surface area contributed by atoms with Crippen molar-refractivity contribution < 1.29 is 9.53 Å². The average Bonchev–Trinajstić information content (AvgIpc) is 2.64. The normalized spacial score (nSPS) is 15.7. The lowest BCUT2D eigenvalue weighted by atomic mass is 9.96. The van der Waals surface area contributed by atoms with Crippen LogP contribution in [0.4, 0.5) is 4.79 Å². The van der Waals surface area contributed by atoms with Gasteiger partial charge in [-0.25, -0.2) is 4.79 Å². The van der Waals surface area contributed by atoms with Crippen molar-refractivity contribution in [1.29, 1.82) is 0 Å². The van der Waals surface area contributed by atoms with Crippen LogP contribution < -0.4 is 0 Å². The highest BCUT2D eigenvalue weighted by Crippen LogP contribution is 2.31. The molecule has 0 aliphatic carbocycles. The number of ether oxygens (including phenoxy) is 1. The van der Waals surface area contributed by atoms with E-state index >= 15 is 0 Å². The summed E-state index contributed by atoms with van der Waals surface area (Å²) in [4.78, 5) is 16.5. The number of carbonyl (C=O) groups is 1. The van der Waals surface area contributed by atoms with Gasteiger partial charge in [-0.3, -0.25) is 4.90 Å². The molecule has 1 aliphatic rings. The fourth-order valence-electron chi connectivity index (χ4n) is 3.39. The number of rotatable bonds is 3. The van der Waals surface area contributed by atoms with E-state index in [0.29, 0.717) is 23.1 Å². The Morgan fingerprint density at radius 3 is 1.68 bits per heavy atom. The summed E-state index contributed by atoms with van der Waals surface area (Å²) >= 11 is 12.2. The van der Waals surface area contributed by atoms with Crippen molar-refractivity contribution in [1.82, 2.24) is 9.80 Å². The number of nitrogens with zero attached hydrogens (tertiary/aromatic N) is 2. The van der Waals surface area contributed by atoms with Gasteiger partial charge < -0.3 is 9.64 Å². The molecule has 4 nitrogen and oxygen atoms in total. The Hall–Kier alpha value is -1.75. The minimum Gasteiger partial charge on any atom is -0.444 e. The van der Waals surface area contributed by atoms with Crippen LogP contribution in [-0.4, -0.2) is 47.7 Å². The Kier molecular flexibility index (Phi) is 6.54. The van der Waals surface area contributed by atoms with Gasteiger partial charge in [0.15, 0.2) is 0 Å². The molecule has 0 atom stereocenters. The quantitative estimate of drug-likeness (QED) is 0.644. The van der Waals surface area contributed by atoms with Crippen LogP contribution in [0.2, 0.25) is 10.0 Å². The molecular weight excluding hydrogens is 395 g/mol. The smallest absolute Gasteiger partial charge is 0.410 e. The lowest BCUT2D eigenvalue weighted by Crippen LogP contribution is -2.51. The third-order valence-electron chi connectivity index (χ3n) is 4.70. The van der Waals surface area contributed by atoms with Gasteiger partial charge in [0, 0.05) is 36.2 Å². The molecule has 1 saturated heterocycles. The van der Waals surface area contributed by atoms with Gasteiger partial charge in [0.2, 0.25) is 0 Å². The Labute approximate surface area is 177 Å². The molecule has 2 aromatic rings. The second kappa shape index (κ2) is 8.73. The van der Waals surface area contributed by atoms with E-state index in [1.165, 1.54) is 0 Å². The van der Waals surface area contributed by atoms with E-state index in [0.717, 1.165) is 24.2 Å². The number of piperazine rings is 1. The van der Waals surface area contributed by atoms with Gasteiger partial charge in [0.25, 0.3) is 0 Å². The van der Waals surface area contributed by atoms with Crippen molar-refractivity contribution >= 4 is 29.3 Å². The van der Waals surface area contributed by atoms with Crippen molar-refractivity contribution in [2.75, 3.05) is 26.2 Å². The molecule has 3 rings (SSSR count). The average molecular weight is 421 g/mol. The van der Waals surface area contributed by atoms with Crippen molar-refractivity contribution in [3.05, 3.63) is 69.7 Å². The minimum atomic E-state index is -0.483. The fourth-order valence-corrected chi connectivity index (χ4v) is 3.65. The molecule has 0 bridgehead atoms.